The lowest BCUT2D eigenvalue weighted by Crippen LogP contribution is -2.61. The van der Waals surface area contributed by atoms with Crippen molar-refractivity contribution >= 4 is 53.2 Å². The maximum Gasteiger partial charge on any atom is 0.245 e. The maximum atomic E-state index is 14.1. The molecular formula is C40H76N14O11. The van der Waals surface area contributed by atoms with Gasteiger partial charge in [0.25, 0.3) is 0 Å². The lowest BCUT2D eigenvalue weighted by molar-refractivity contribution is -0.136. The topological polar surface area (TPSA) is 432 Å². The highest BCUT2D eigenvalue weighted by atomic mass is 16.3. The van der Waals surface area contributed by atoms with Gasteiger partial charge in [0.1, 0.15) is 54.4 Å². The second-order valence-corrected chi connectivity index (χ2v) is 17.1. The van der Waals surface area contributed by atoms with Crippen molar-refractivity contribution in [3.8, 4) is 0 Å². The average Bonchev–Trinajstić information content (AvgIpc) is 3.22. The number of hydrogen-bond donors (Lipinski definition) is 16. The van der Waals surface area contributed by atoms with Gasteiger partial charge in [-0.3, -0.25) is 43.2 Å². The molecule has 21 N–H and O–H groups in total. The molecule has 2 unspecified atom stereocenters. The molecule has 0 aromatic rings. The van der Waals surface area contributed by atoms with Gasteiger partial charge in [-0.1, -0.05) is 27.7 Å². The smallest absolute Gasteiger partial charge is 0.245 e. The van der Waals surface area contributed by atoms with Gasteiger partial charge in [-0.15, -0.1) is 0 Å². The van der Waals surface area contributed by atoms with Crippen LogP contribution in [0.15, 0.2) is 0 Å². The van der Waals surface area contributed by atoms with Crippen LogP contribution in [0.3, 0.4) is 0 Å². The van der Waals surface area contributed by atoms with Crippen LogP contribution in [0, 0.1) is 11.8 Å². The number of aliphatic hydroxyl groups is 2. The Bertz CT molecular complexity index is 1600. The molecule has 0 spiro atoms. The number of hydrogen-bond acceptors (Lipinski definition) is 16. The summed E-state index contributed by atoms with van der Waals surface area (Å²) in [5.41, 5.74) is 28.9. The zero-order valence-corrected chi connectivity index (χ0v) is 38.4. The molecule has 1 saturated heterocycles. The summed E-state index contributed by atoms with van der Waals surface area (Å²) in [6.45, 7) is 8.86. The second kappa shape index (κ2) is 29.5. The van der Waals surface area contributed by atoms with E-state index in [-0.39, 0.29) is 89.5 Å². The third kappa shape index (κ3) is 20.3. The van der Waals surface area contributed by atoms with Crippen molar-refractivity contribution in [2.24, 2.45) is 40.5 Å². The van der Waals surface area contributed by atoms with Crippen LogP contribution in [-0.2, 0) is 43.2 Å². The molecule has 25 heteroatoms. The molecule has 9 amide bonds. The number of carbonyl (C=O) groups excluding carboxylic acids is 9. The Kier molecular flexibility index (Phi) is 26.3. The first-order chi connectivity index (χ1) is 30.5. The summed E-state index contributed by atoms with van der Waals surface area (Å²) in [7, 11) is 0. The van der Waals surface area contributed by atoms with Gasteiger partial charge in [-0.2, -0.15) is 0 Å². The summed E-state index contributed by atoms with van der Waals surface area (Å²) in [6, 6.07) is -12.5. The molecule has 372 valence electrons. The van der Waals surface area contributed by atoms with Crippen LogP contribution >= 0.6 is 0 Å². The minimum atomic E-state index is -1.62. The van der Waals surface area contributed by atoms with Gasteiger partial charge in [0, 0.05) is 6.54 Å². The molecule has 0 saturated carbocycles. The van der Waals surface area contributed by atoms with E-state index in [1.54, 1.807) is 27.7 Å². The summed E-state index contributed by atoms with van der Waals surface area (Å²) in [5.74, 6) is -8.14. The molecule has 0 aromatic heterocycles. The fraction of sp³-hybridized carbons (Fsp3) is 0.775. The number of nitrogens with one attached hydrogen (secondary N) is 9. The van der Waals surface area contributed by atoms with Crippen LogP contribution in [-0.4, -0.2) is 163 Å². The molecule has 0 bridgehead atoms. The SMILES string of the molecule is CC(C)C[C@@H]1NC(=O)[C@@H](CC(C)C)NC(=O)[C@H](CCN)NC(=O)[C@@H](NC(=O)[C@H](CCN)NC(=O)[C@@H](N)C(C)O)CCNC(=O)[C@H](C(C)O)NC(=O)[C@H](CCN)NC(=O)[C@H](CCN)NC1=O. The van der Waals surface area contributed by atoms with Gasteiger partial charge in [-0.05, 0) is 96.8 Å². The lowest BCUT2D eigenvalue weighted by atomic mass is 9.99. The van der Waals surface area contributed by atoms with E-state index in [0.717, 1.165) is 0 Å². The largest absolute Gasteiger partial charge is 0.391 e. The molecule has 1 fully saturated rings. The molecule has 1 aliphatic rings. The average molecular weight is 929 g/mol. The Hall–Kier alpha value is -5.05. The second-order valence-electron chi connectivity index (χ2n) is 17.1. The van der Waals surface area contributed by atoms with E-state index < -0.39 is 120 Å². The van der Waals surface area contributed by atoms with Gasteiger partial charge in [0.15, 0.2) is 0 Å². The van der Waals surface area contributed by atoms with Crippen LogP contribution in [0.25, 0.3) is 0 Å². The number of carbonyl (C=O) groups is 9. The molecule has 11 atom stereocenters. The van der Waals surface area contributed by atoms with E-state index >= 15 is 0 Å². The summed E-state index contributed by atoms with van der Waals surface area (Å²) in [4.78, 5) is 123. The number of nitrogens with two attached hydrogens (primary N) is 5. The van der Waals surface area contributed by atoms with Crippen molar-refractivity contribution in [2.45, 2.75) is 153 Å². The Balaban J connectivity index is 3.88. The van der Waals surface area contributed by atoms with Crippen molar-refractivity contribution in [3.63, 3.8) is 0 Å². The highest BCUT2D eigenvalue weighted by Crippen LogP contribution is 2.11. The molecular weight excluding hydrogens is 853 g/mol. The molecule has 1 heterocycles. The van der Waals surface area contributed by atoms with Gasteiger partial charge in [-0.25, -0.2) is 0 Å². The van der Waals surface area contributed by atoms with E-state index in [1.165, 1.54) is 13.8 Å². The van der Waals surface area contributed by atoms with Gasteiger partial charge in [0.2, 0.25) is 53.2 Å². The van der Waals surface area contributed by atoms with Crippen molar-refractivity contribution in [1.82, 2.24) is 47.9 Å². The highest BCUT2D eigenvalue weighted by molar-refractivity contribution is 5.98. The Labute approximate surface area is 380 Å². The zero-order valence-electron chi connectivity index (χ0n) is 38.4. The van der Waals surface area contributed by atoms with Gasteiger partial charge in [0.05, 0.1) is 12.2 Å². The van der Waals surface area contributed by atoms with Crippen LogP contribution in [0.5, 0.6) is 0 Å². The summed E-state index contributed by atoms with van der Waals surface area (Å²) < 4.78 is 0. The fourth-order valence-electron chi connectivity index (χ4n) is 6.65. The van der Waals surface area contributed by atoms with E-state index in [2.05, 4.69) is 47.9 Å². The first-order valence-electron chi connectivity index (χ1n) is 22.1. The predicted octanol–water partition coefficient (Wildman–Crippen LogP) is -7.04. The Morgan fingerprint density at radius 1 is 0.585 bits per heavy atom. The molecule has 0 aliphatic carbocycles. The zero-order chi connectivity index (χ0) is 49.6. The predicted molar refractivity (Wildman–Crippen MR) is 238 cm³/mol. The third-order valence-corrected chi connectivity index (χ3v) is 10.3. The number of aliphatic hydroxyl groups excluding tert-OH is 2. The first-order valence-corrected chi connectivity index (χ1v) is 22.1. The van der Waals surface area contributed by atoms with Crippen molar-refractivity contribution in [3.05, 3.63) is 0 Å². The standard InChI is InChI=1S/C40H76N14O11/c1-19(2)17-28-37(62)49-23(7-12-41)32(57)48-26(10-15-44)36(61)54-31(22(6)56)40(65)46-16-11-27(50-33(58)25(9-14-43)51-39(64)30(45)21(5)55)35(60)47-24(8-13-42)34(59)52-29(18-20(3)4)38(63)53-28/h19-31,55-56H,7-18,41-45H2,1-6H3,(H,46,65)(H,47,60)(H,48,57)(H,49,62)(H,50,58)(H,51,64)(H,52,59)(H,53,63)(H,54,61)/t21?,22?,23-,24-,25-,26-,27-,28-,29+,30-,31-/m0/s1. The number of rotatable bonds is 18. The quantitative estimate of drug-likeness (QED) is 0.0607. The monoisotopic (exact) mass is 929 g/mol. The van der Waals surface area contributed by atoms with Crippen LogP contribution in [0.4, 0.5) is 0 Å². The van der Waals surface area contributed by atoms with Crippen molar-refractivity contribution < 1.29 is 53.4 Å². The van der Waals surface area contributed by atoms with Crippen LogP contribution in [0.1, 0.15) is 86.5 Å². The molecule has 25 nitrogen and oxygen atoms in total. The first kappa shape index (κ1) is 58.0. The lowest BCUT2D eigenvalue weighted by Gasteiger charge is -2.29. The third-order valence-electron chi connectivity index (χ3n) is 10.3. The molecule has 0 aromatic carbocycles. The van der Waals surface area contributed by atoms with Crippen molar-refractivity contribution in [1.29, 1.82) is 0 Å². The minimum absolute atomic E-state index is 0.0747. The summed E-state index contributed by atoms with van der Waals surface area (Å²) in [5, 5.41) is 43.2. The van der Waals surface area contributed by atoms with Crippen LogP contribution in [0.2, 0.25) is 0 Å². The molecule has 65 heavy (non-hydrogen) atoms. The normalized spacial score (nSPS) is 25.6. The fourth-order valence-corrected chi connectivity index (χ4v) is 6.65. The van der Waals surface area contributed by atoms with Gasteiger partial charge >= 0.3 is 0 Å². The molecule has 1 aliphatic heterocycles. The Morgan fingerprint density at radius 3 is 1.37 bits per heavy atom. The highest BCUT2D eigenvalue weighted by Gasteiger charge is 2.36. The van der Waals surface area contributed by atoms with Gasteiger partial charge < -0.3 is 86.7 Å². The van der Waals surface area contributed by atoms with E-state index in [9.17, 15) is 53.4 Å². The van der Waals surface area contributed by atoms with E-state index in [1.807, 2.05) is 0 Å². The van der Waals surface area contributed by atoms with Crippen molar-refractivity contribution in [2.75, 3.05) is 32.7 Å². The maximum absolute atomic E-state index is 14.1. The van der Waals surface area contributed by atoms with Crippen LogP contribution < -0.4 is 76.5 Å². The number of amides is 9. The van der Waals surface area contributed by atoms with E-state index in [0.29, 0.717) is 0 Å². The summed E-state index contributed by atoms with van der Waals surface area (Å²) in [6.07, 6.45) is -3.51. The molecule has 1 rings (SSSR count). The van der Waals surface area contributed by atoms with E-state index in [4.69, 9.17) is 28.7 Å². The minimum Gasteiger partial charge on any atom is -0.391 e. The Morgan fingerprint density at radius 2 is 0.985 bits per heavy atom. The summed E-state index contributed by atoms with van der Waals surface area (Å²) >= 11 is 0. The molecule has 0 radical (unpaired) electrons.